The molecule has 0 spiro atoms. The van der Waals surface area contributed by atoms with E-state index in [-0.39, 0.29) is 6.54 Å². The van der Waals surface area contributed by atoms with Gasteiger partial charge in [-0.2, -0.15) is 0 Å². The van der Waals surface area contributed by atoms with Crippen LogP contribution in [0, 0.1) is 0 Å². The largest absolute Gasteiger partial charge is 0.474 e. The monoisotopic (exact) mass is 279 g/mol. The summed E-state index contributed by atoms with van der Waals surface area (Å²) in [5.41, 5.74) is 0. The third kappa shape index (κ3) is 3.01. The number of amides is 1. The minimum Gasteiger partial charge on any atom is -0.474 e. The normalized spacial score (nSPS) is 34.9. The van der Waals surface area contributed by atoms with E-state index in [1.807, 2.05) is 0 Å². The van der Waals surface area contributed by atoms with Crippen LogP contribution in [0.3, 0.4) is 0 Å². The first-order valence-electron chi connectivity index (χ1n) is 5.69. The summed E-state index contributed by atoms with van der Waals surface area (Å²) in [5, 5.41) is 46.5. The number of carboxylic acid groups (broad SMARTS) is 1. The number of aliphatic carboxylic acids is 1. The molecule has 1 heterocycles. The Morgan fingerprint density at radius 1 is 1.16 bits per heavy atom. The van der Waals surface area contributed by atoms with E-state index in [4.69, 9.17) is 14.9 Å². The standard InChI is InChI=1S/C10H17NO8/c1-2-11(8(16)10(17)18)9-7(15)6(14)5(13)4(3-12)19-9/h4-7,9,12-15H,2-3H2,1H3,(H,17,18)/t4-,5-,6+,7-,9-/m1/s1. The van der Waals surface area contributed by atoms with Gasteiger partial charge in [0, 0.05) is 6.54 Å². The fourth-order valence-corrected chi connectivity index (χ4v) is 1.90. The van der Waals surface area contributed by atoms with Crippen LogP contribution < -0.4 is 0 Å². The molecule has 0 aromatic carbocycles. The summed E-state index contributed by atoms with van der Waals surface area (Å²) in [7, 11) is 0. The fraction of sp³-hybridized carbons (Fsp3) is 0.800. The molecule has 0 unspecified atom stereocenters. The molecule has 0 saturated carbocycles. The van der Waals surface area contributed by atoms with Crippen LogP contribution in [0.15, 0.2) is 0 Å². The molecule has 1 aliphatic heterocycles. The predicted octanol–water partition coefficient (Wildman–Crippen LogP) is -3.28. The number of aliphatic hydroxyl groups excluding tert-OH is 4. The van der Waals surface area contributed by atoms with Crippen LogP contribution in [0.25, 0.3) is 0 Å². The summed E-state index contributed by atoms with van der Waals surface area (Å²) in [6.07, 6.45) is -7.55. The average molecular weight is 279 g/mol. The first-order valence-corrected chi connectivity index (χ1v) is 5.69. The molecule has 0 aromatic rings. The zero-order valence-corrected chi connectivity index (χ0v) is 10.2. The lowest BCUT2D eigenvalue weighted by atomic mass is 9.97. The Morgan fingerprint density at radius 3 is 2.16 bits per heavy atom. The summed E-state index contributed by atoms with van der Waals surface area (Å²) >= 11 is 0. The maximum Gasteiger partial charge on any atom is 0.394 e. The van der Waals surface area contributed by atoms with Gasteiger partial charge in [0.05, 0.1) is 6.61 Å². The van der Waals surface area contributed by atoms with Gasteiger partial charge >= 0.3 is 11.9 Å². The Morgan fingerprint density at radius 2 is 1.74 bits per heavy atom. The quantitative estimate of drug-likeness (QED) is 0.338. The van der Waals surface area contributed by atoms with E-state index in [2.05, 4.69) is 0 Å². The summed E-state index contributed by atoms with van der Waals surface area (Å²) in [6, 6.07) is 0. The van der Waals surface area contributed by atoms with Crippen LogP contribution in [0.4, 0.5) is 0 Å². The third-order valence-electron chi connectivity index (χ3n) is 2.96. The van der Waals surface area contributed by atoms with Gasteiger partial charge < -0.3 is 35.2 Å². The van der Waals surface area contributed by atoms with Crippen LogP contribution in [-0.2, 0) is 14.3 Å². The molecular weight excluding hydrogens is 262 g/mol. The molecule has 0 radical (unpaired) electrons. The van der Waals surface area contributed by atoms with Crippen LogP contribution in [0.2, 0.25) is 0 Å². The molecule has 1 rings (SSSR count). The second-order valence-electron chi connectivity index (χ2n) is 4.12. The zero-order valence-electron chi connectivity index (χ0n) is 10.2. The van der Waals surface area contributed by atoms with Crippen molar-refractivity contribution in [1.82, 2.24) is 4.90 Å². The van der Waals surface area contributed by atoms with E-state index in [1.165, 1.54) is 6.92 Å². The zero-order chi connectivity index (χ0) is 14.7. The van der Waals surface area contributed by atoms with Gasteiger partial charge in [-0.1, -0.05) is 0 Å². The molecule has 0 bridgehead atoms. The van der Waals surface area contributed by atoms with Crippen molar-refractivity contribution in [3.63, 3.8) is 0 Å². The first-order chi connectivity index (χ1) is 8.84. The van der Waals surface area contributed by atoms with Gasteiger partial charge in [-0.25, -0.2) is 4.79 Å². The van der Waals surface area contributed by atoms with Crippen LogP contribution >= 0.6 is 0 Å². The highest BCUT2D eigenvalue weighted by Gasteiger charge is 2.47. The van der Waals surface area contributed by atoms with Gasteiger partial charge in [0.2, 0.25) is 0 Å². The molecule has 110 valence electrons. The molecule has 0 aliphatic carbocycles. The maximum absolute atomic E-state index is 11.4. The van der Waals surface area contributed by atoms with Crippen molar-refractivity contribution in [3.05, 3.63) is 0 Å². The molecule has 5 N–H and O–H groups in total. The van der Waals surface area contributed by atoms with Gasteiger partial charge in [0.15, 0.2) is 6.23 Å². The number of hydrogen-bond donors (Lipinski definition) is 5. The van der Waals surface area contributed by atoms with E-state index in [9.17, 15) is 24.9 Å². The van der Waals surface area contributed by atoms with Crippen LogP contribution in [0.1, 0.15) is 6.92 Å². The molecule has 0 aromatic heterocycles. The van der Waals surface area contributed by atoms with Gasteiger partial charge in [-0.05, 0) is 6.92 Å². The molecule has 1 fully saturated rings. The molecule has 1 saturated heterocycles. The Hall–Kier alpha value is -1.26. The van der Waals surface area contributed by atoms with Crippen molar-refractivity contribution >= 4 is 11.9 Å². The summed E-state index contributed by atoms with van der Waals surface area (Å²) in [6.45, 7) is 0.719. The number of aliphatic hydroxyl groups is 4. The van der Waals surface area contributed by atoms with Crippen molar-refractivity contribution in [2.24, 2.45) is 0 Å². The highest BCUT2D eigenvalue weighted by atomic mass is 16.6. The van der Waals surface area contributed by atoms with Crippen molar-refractivity contribution in [1.29, 1.82) is 0 Å². The first kappa shape index (κ1) is 15.8. The van der Waals surface area contributed by atoms with E-state index in [0.717, 1.165) is 0 Å². The second kappa shape index (κ2) is 6.26. The number of carbonyl (C=O) groups excluding carboxylic acids is 1. The SMILES string of the molecule is CCN(C(=O)C(=O)O)[C@@H]1O[C@H](CO)[C@@H](O)[C@H](O)[C@H]1O. The Kier molecular flexibility index (Phi) is 5.20. The fourth-order valence-electron chi connectivity index (χ4n) is 1.90. The lowest BCUT2D eigenvalue weighted by Gasteiger charge is -2.43. The third-order valence-corrected chi connectivity index (χ3v) is 2.96. The molecule has 1 amide bonds. The van der Waals surface area contributed by atoms with Crippen molar-refractivity contribution < 1.29 is 39.9 Å². The smallest absolute Gasteiger partial charge is 0.394 e. The average Bonchev–Trinajstić information content (AvgIpc) is 2.39. The second-order valence-corrected chi connectivity index (χ2v) is 4.12. The number of hydrogen-bond acceptors (Lipinski definition) is 7. The van der Waals surface area contributed by atoms with Crippen molar-refractivity contribution in [3.8, 4) is 0 Å². The van der Waals surface area contributed by atoms with Gasteiger partial charge in [0.25, 0.3) is 0 Å². The maximum atomic E-state index is 11.4. The number of nitrogens with zero attached hydrogens (tertiary/aromatic N) is 1. The molecule has 9 heteroatoms. The predicted molar refractivity (Wildman–Crippen MR) is 58.8 cm³/mol. The molecule has 1 aliphatic rings. The molecule has 5 atom stereocenters. The Bertz CT molecular complexity index is 346. The van der Waals surface area contributed by atoms with E-state index in [0.29, 0.717) is 4.90 Å². The Balaban J connectivity index is 2.96. The molecular formula is C10H17NO8. The molecule has 9 nitrogen and oxygen atoms in total. The van der Waals surface area contributed by atoms with Gasteiger partial charge in [-0.3, -0.25) is 4.79 Å². The highest BCUT2D eigenvalue weighted by molar-refractivity contribution is 6.31. The number of rotatable bonds is 3. The summed E-state index contributed by atoms with van der Waals surface area (Å²) < 4.78 is 5.09. The van der Waals surface area contributed by atoms with E-state index >= 15 is 0 Å². The number of likely N-dealkylation sites (N-methyl/N-ethyl adjacent to an activating group) is 1. The minimum atomic E-state index is -1.74. The molecule has 19 heavy (non-hydrogen) atoms. The van der Waals surface area contributed by atoms with Crippen molar-refractivity contribution in [2.45, 2.75) is 37.6 Å². The Labute approximate surface area is 108 Å². The topological polar surface area (TPSA) is 148 Å². The van der Waals surface area contributed by atoms with Crippen LogP contribution in [0.5, 0.6) is 0 Å². The van der Waals surface area contributed by atoms with E-state index in [1.54, 1.807) is 0 Å². The van der Waals surface area contributed by atoms with Gasteiger partial charge in [0.1, 0.15) is 24.4 Å². The minimum absolute atomic E-state index is 0.0895. The lowest BCUT2D eigenvalue weighted by Crippen LogP contribution is -2.64. The summed E-state index contributed by atoms with van der Waals surface area (Å²) in [4.78, 5) is 22.8. The number of ether oxygens (including phenoxy) is 1. The number of carbonyl (C=O) groups is 2. The van der Waals surface area contributed by atoms with E-state index < -0.39 is 49.1 Å². The summed E-state index contributed by atoms with van der Waals surface area (Å²) in [5.74, 6) is -3.05. The van der Waals surface area contributed by atoms with Crippen LogP contribution in [-0.4, -0.2) is 86.1 Å². The van der Waals surface area contributed by atoms with Gasteiger partial charge in [-0.15, -0.1) is 0 Å². The highest BCUT2D eigenvalue weighted by Crippen LogP contribution is 2.23. The lowest BCUT2D eigenvalue weighted by molar-refractivity contribution is -0.261. The van der Waals surface area contributed by atoms with Crippen molar-refractivity contribution in [2.75, 3.05) is 13.2 Å². The number of carboxylic acids is 1.